The van der Waals surface area contributed by atoms with E-state index in [1.807, 2.05) is 52.1 Å². The average Bonchev–Trinajstić information content (AvgIpc) is 4.03. The van der Waals surface area contributed by atoms with Crippen molar-refractivity contribution >= 4 is 17.3 Å². The van der Waals surface area contributed by atoms with Gasteiger partial charge in [-0.3, -0.25) is 19.5 Å². The molecule has 14 nitrogen and oxygen atoms in total. The van der Waals surface area contributed by atoms with Gasteiger partial charge in [-0.05, 0) is 97.0 Å². The Hall–Kier alpha value is -6.96. The van der Waals surface area contributed by atoms with Gasteiger partial charge in [-0.1, -0.05) is 32.1 Å². The van der Waals surface area contributed by atoms with Crippen LogP contribution in [0.15, 0.2) is 90.8 Å². The van der Waals surface area contributed by atoms with Gasteiger partial charge in [0.25, 0.3) is 0 Å². The second kappa shape index (κ2) is 21.4. The Balaban J connectivity index is 0.000000189. The number of nitrogens with zero attached hydrogens (tertiary/aromatic N) is 1. The van der Waals surface area contributed by atoms with E-state index in [2.05, 4.69) is 10.2 Å². The van der Waals surface area contributed by atoms with E-state index in [0.29, 0.717) is 51.9 Å². The molecule has 3 aliphatic heterocycles. The number of aliphatic hydroxyl groups is 1. The van der Waals surface area contributed by atoms with E-state index in [1.165, 1.54) is 58.3 Å². The fourth-order valence-electron chi connectivity index (χ4n) is 7.64. The molecule has 0 amide bonds. The fourth-order valence-corrected chi connectivity index (χ4v) is 7.64. The Kier molecular flexibility index (Phi) is 16.2. The Morgan fingerprint density at radius 2 is 1.12 bits per heavy atom. The number of carbonyl (C=O) groups is 3. The van der Waals surface area contributed by atoms with Gasteiger partial charge in [0.05, 0.1) is 75.3 Å². The normalized spacial score (nSPS) is 16.7. The van der Waals surface area contributed by atoms with Crippen molar-refractivity contribution in [3.05, 3.63) is 113 Å². The van der Waals surface area contributed by atoms with Gasteiger partial charge in [-0.15, -0.1) is 0 Å². The molecule has 5 aromatic rings. The SMILES string of the molecule is C1CCCC1.COc1ccc(C(C)=O)c(O)c1.COc1ccc2c(c1)OC(C)(C)/C(=C/O)C2=O.COc1ccc2c(c1)OC(C)(C)CC2=O.COc1ccc2c(c1)OC(C)(C)c1cn[nH]c1-2.[HH]. The molecule has 3 N–H and O–H groups in total. The van der Waals surface area contributed by atoms with Crippen LogP contribution in [0.2, 0.25) is 0 Å². The number of Topliss-reactive ketones (excluding diaryl/α,β-unsaturated/α-hetero) is 3. The first-order valence-corrected chi connectivity index (χ1v) is 21.7. The van der Waals surface area contributed by atoms with E-state index in [0.717, 1.165) is 34.6 Å². The lowest BCUT2D eigenvalue weighted by Crippen LogP contribution is -2.39. The number of aromatic hydroxyl groups is 1. The highest BCUT2D eigenvalue weighted by Gasteiger charge is 2.39. The van der Waals surface area contributed by atoms with Crippen LogP contribution in [-0.4, -0.2) is 77.4 Å². The molecule has 0 atom stereocenters. The van der Waals surface area contributed by atoms with Gasteiger partial charge >= 0.3 is 0 Å². The molecule has 1 fully saturated rings. The average molecular weight is 909 g/mol. The predicted octanol–water partition coefficient (Wildman–Crippen LogP) is 11.4. The minimum atomic E-state index is -0.842. The summed E-state index contributed by atoms with van der Waals surface area (Å²) in [4.78, 5) is 34.8. The number of ketones is 3. The number of fused-ring (bicyclic) bond motifs is 5. The number of methoxy groups -OCH3 is 4. The minimum Gasteiger partial charge on any atom is -0.515 e. The molecule has 9 rings (SSSR count). The van der Waals surface area contributed by atoms with Crippen LogP contribution >= 0.6 is 0 Å². The van der Waals surface area contributed by atoms with Gasteiger partial charge in [-0.2, -0.15) is 5.10 Å². The lowest BCUT2D eigenvalue weighted by atomic mass is 9.88. The van der Waals surface area contributed by atoms with Crippen molar-refractivity contribution in [1.29, 1.82) is 0 Å². The lowest BCUT2D eigenvalue weighted by molar-refractivity contribution is 0.0617. The van der Waals surface area contributed by atoms with Gasteiger partial charge in [0.1, 0.15) is 62.8 Å². The molecule has 4 heterocycles. The summed E-state index contributed by atoms with van der Waals surface area (Å²) in [6, 6.07) is 20.7. The molecular formula is C52H64N2O12. The second-order valence-corrected chi connectivity index (χ2v) is 17.5. The molecule has 66 heavy (non-hydrogen) atoms. The molecule has 1 aromatic heterocycles. The summed E-state index contributed by atoms with van der Waals surface area (Å²) in [7, 11) is 6.30. The van der Waals surface area contributed by atoms with Crippen molar-refractivity contribution in [2.75, 3.05) is 28.4 Å². The largest absolute Gasteiger partial charge is 0.515 e. The first-order valence-electron chi connectivity index (χ1n) is 21.7. The molecule has 1 aliphatic carbocycles. The van der Waals surface area contributed by atoms with Crippen LogP contribution < -0.4 is 33.2 Å². The highest BCUT2D eigenvalue weighted by atomic mass is 16.5. The number of hydrogen-bond acceptors (Lipinski definition) is 13. The maximum atomic E-state index is 12.1. The summed E-state index contributed by atoms with van der Waals surface area (Å²) >= 11 is 0. The number of phenols is 1. The third-order valence-electron chi connectivity index (χ3n) is 11.2. The predicted molar refractivity (Wildman–Crippen MR) is 253 cm³/mol. The number of benzene rings is 4. The van der Waals surface area contributed by atoms with Crippen LogP contribution in [0.3, 0.4) is 0 Å². The molecule has 4 aliphatic rings. The van der Waals surface area contributed by atoms with E-state index >= 15 is 0 Å². The van der Waals surface area contributed by atoms with Gasteiger partial charge in [0.15, 0.2) is 17.3 Å². The topological polar surface area (TPSA) is 185 Å². The number of rotatable bonds is 5. The second-order valence-electron chi connectivity index (χ2n) is 17.5. The summed E-state index contributed by atoms with van der Waals surface area (Å²) in [5, 5.41) is 25.6. The highest BCUT2D eigenvalue weighted by Crippen LogP contribution is 2.45. The molecule has 0 radical (unpaired) electrons. The van der Waals surface area contributed by atoms with Crippen molar-refractivity contribution in [1.82, 2.24) is 10.2 Å². The molecule has 354 valence electrons. The zero-order chi connectivity index (χ0) is 48.4. The lowest BCUT2D eigenvalue weighted by Gasteiger charge is -2.33. The highest BCUT2D eigenvalue weighted by molar-refractivity contribution is 6.12. The van der Waals surface area contributed by atoms with Crippen molar-refractivity contribution in [2.24, 2.45) is 0 Å². The molecule has 0 saturated heterocycles. The van der Waals surface area contributed by atoms with E-state index in [4.69, 9.17) is 38.3 Å². The number of ether oxygens (including phenoxy) is 7. The summed E-state index contributed by atoms with van der Waals surface area (Å²) in [5.41, 5.74) is 3.14. The maximum Gasteiger partial charge on any atom is 0.199 e. The van der Waals surface area contributed by atoms with Crippen molar-refractivity contribution in [3.63, 3.8) is 0 Å². The Labute approximate surface area is 388 Å². The van der Waals surface area contributed by atoms with Gasteiger partial charge in [-0.25, -0.2) is 0 Å². The monoisotopic (exact) mass is 908 g/mol. The van der Waals surface area contributed by atoms with Crippen LogP contribution in [0, 0.1) is 0 Å². The molecule has 4 aromatic carbocycles. The van der Waals surface area contributed by atoms with E-state index in [9.17, 15) is 19.5 Å². The van der Waals surface area contributed by atoms with Crippen LogP contribution in [-0.2, 0) is 5.60 Å². The number of nitrogens with one attached hydrogen (secondary N) is 1. The Morgan fingerprint density at radius 1 is 0.667 bits per heavy atom. The van der Waals surface area contributed by atoms with E-state index in [-0.39, 0.29) is 35.7 Å². The van der Waals surface area contributed by atoms with E-state index < -0.39 is 11.2 Å². The molecule has 0 spiro atoms. The van der Waals surface area contributed by atoms with Gasteiger partial charge in [0, 0.05) is 36.8 Å². The summed E-state index contributed by atoms with van der Waals surface area (Å²) in [5.74, 6) is 4.30. The van der Waals surface area contributed by atoms with E-state index in [1.54, 1.807) is 77.6 Å². The minimum absolute atomic E-state index is 0. The number of aromatic nitrogens is 2. The smallest absolute Gasteiger partial charge is 0.199 e. The molecule has 0 bridgehead atoms. The van der Waals surface area contributed by atoms with Gasteiger partial charge < -0.3 is 43.4 Å². The summed E-state index contributed by atoms with van der Waals surface area (Å²) in [6.45, 7) is 12.8. The van der Waals surface area contributed by atoms with Crippen molar-refractivity contribution in [2.45, 2.75) is 104 Å². The van der Waals surface area contributed by atoms with Crippen molar-refractivity contribution < 1.29 is 59.2 Å². The maximum absolute atomic E-state index is 12.1. The zero-order valence-corrected chi connectivity index (χ0v) is 39.7. The Bertz CT molecular complexity index is 2550. The quantitative estimate of drug-likeness (QED) is 0.0860. The number of aliphatic hydroxyl groups excluding tert-OH is 1. The third kappa shape index (κ3) is 12.0. The number of aromatic amines is 1. The number of hydrogen-bond donors (Lipinski definition) is 3. The zero-order valence-electron chi connectivity index (χ0n) is 39.7. The summed E-state index contributed by atoms with van der Waals surface area (Å²) < 4.78 is 37.7. The number of carbonyl (C=O) groups excluding carboxylic acids is 3. The first-order chi connectivity index (χ1) is 31.3. The molecule has 14 heteroatoms. The van der Waals surface area contributed by atoms with Crippen LogP contribution in [0.5, 0.6) is 46.0 Å². The molecule has 1 saturated carbocycles. The van der Waals surface area contributed by atoms with Crippen LogP contribution in [0.25, 0.3) is 11.3 Å². The summed E-state index contributed by atoms with van der Waals surface area (Å²) in [6.07, 6.45) is 10.6. The van der Waals surface area contributed by atoms with Crippen LogP contribution in [0.4, 0.5) is 0 Å². The third-order valence-corrected chi connectivity index (χ3v) is 11.2. The van der Waals surface area contributed by atoms with Gasteiger partial charge in [0.2, 0.25) is 0 Å². The Morgan fingerprint density at radius 3 is 1.62 bits per heavy atom. The molecule has 0 unspecified atom stereocenters. The number of H-pyrrole nitrogens is 1. The van der Waals surface area contributed by atoms with Crippen molar-refractivity contribution in [3.8, 4) is 57.3 Å². The fraction of sp³-hybridized carbons (Fsp3) is 0.385. The first kappa shape index (κ1) is 50.0. The van der Waals surface area contributed by atoms with Crippen LogP contribution in [0.1, 0.15) is 125 Å². The standard InChI is InChI=1S/C13H14N2O2.C13H14O4.C12H14O3.C9H10O3.C5H10.H2/c1-13(2)10-7-14-15-12(10)9-5-4-8(16-3)6-11(9)17-13;1-13(2)10(7-14)12(15)9-5-4-8(16-3)6-11(9)17-13;1-12(2)7-10(13)9-5-4-8(14-3)6-11(9)15-12;1-6(10)8-4-3-7(12-2)5-9(8)11;1-2-4-5-3-1;/h4-7H,1-3H3,(H,14,15);4-7,14H,1-3H3;4-6H,7H2,1-3H3;3-5,11H,1-2H3;1-5H2;1H/b;10-7+;;;;. The number of phenolic OH excluding ortho intramolecular Hbond substituents is 1. The molecular weight excluding hydrogens is 845 g/mol.